The first kappa shape index (κ1) is 17.0. The molecule has 2 aromatic heterocycles. The van der Waals surface area contributed by atoms with Crippen molar-refractivity contribution in [1.29, 1.82) is 0 Å². The van der Waals surface area contributed by atoms with E-state index < -0.39 is 0 Å². The Hall–Kier alpha value is -3.47. The number of hydrogen-bond acceptors (Lipinski definition) is 5. The number of benzene rings is 2. The normalized spacial score (nSPS) is 10.7. The fourth-order valence-electron chi connectivity index (χ4n) is 2.90. The second kappa shape index (κ2) is 7.83. The molecular formula is C22H20N4O. The second-order valence-corrected chi connectivity index (χ2v) is 6.21. The van der Waals surface area contributed by atoms with Gasteiger partial charge in [-0.2, -0.15) is 0 Å². The van der Waals surface area contributed by atoms with Gasteiger partial charge in [0.05, 0.1) is 12.1 Å². The van der Waals surface area contributed by atoms with E-state index >= 15 is 0 Å². The Morgan fingerprint density at radius 1 is 0.889 bits per heavy atom. The first-order chi connectivity index (χ1) is 13.3. The van der Waals surface area contributed by atoms with Crippen molar-refractivity contribution in [2.24, 2.45) is 0 Å². The number of aromatic nitrogens is 3. The standard InChI is InChI=1S/C22H20N4O/c1-26(14-15-27-18-9-3-2-4-10-18)22-19-11-5-6-12-20(19)24-21(25-22)17-8-7-13-23-16-17/h2-13,16H,14-15H2,1H3. The number of nitrogens with zero attached hydrogens (tertiary/aromatic N) is 4. The van der Waals surface area contributed by atoms with Gasteiger partial charge in [-0.15, -0.1) is 0 Å². The Balaban J connectivity index is 1.61. The van der Waals surface area contributed by atoms with Crippen LogP contribution >= 0.6 is 0 Å². The topological polar surface area (TPSA) is 51.1 Å². The van der Waals surface area contributed by atoms with E-state index in [0.717, 1.165) is 28.0 Å². The van der Waals surface area contributed by atoms with Gasteiger partial charge in [0.1, 0.15) is 18.2 Å². The summed E-state index contributed by atoms with van der Waals surface area (Å²) in [6.45, 7) is 1.28. The highest BCUT2D eigenvalue weighted by Gasteiger charge is 2.13. The Morgan fingerprint density at radius 3 is 2.52 bits per heavy atom. The lowest BCUT2D eigenvalue weighted by Gasteiger charge is -2.21. The maximum atomic E-state index is 5.83. The third-order valence-electron chi connectivity index (χ3n) is 4.30. The second-order valence-electron chi connectivity index (χ2n) is 6.21. The lowest BCUT2D eigenvalue weighted by molar-refractivity contribution is 0.326. The summed E-state index contributed by atoms with van der Waals surface area (Å²) in [6.07, 6.45) is 3.53. The van der Waals surface area contributed by atoms with Crippen molar-refractivity contribution in [2.45, 2.75) is 0 Å². The third-order valence-corrected chi connectivity index (χ3v) is 4.30. The maximum absolute atomic E-state index is 5.83. The van der Waals surface area contributed by atoms with E-state index in [0.29, 0.717) is 19.0 Å². The lowest BCUT2D eigenvalue weighted by Crippen LogP contribution is -2.25. The monoisotopic (exact) mass is 356 g/mol. The van der Waals surface area contributed by atoms with Crippen LogP contribution in [0.4, 0.5) is 5.82 Å². The quantitative estimate of drug-likeness (QED) is 0.518. The minimum atomic E-state index is 0.571. The van der Waals surface area contributed by atoms with Crippen LogP contribution < -0.4 is 9.64 Å². The summed E-state index contributed by atoms with van der Waals surface area (Å²) in [5.74, 6) is 2.43. The van der Waals surface area contributed by atoms with Crippen LogP contribution in [0.15, 0.2) is 79.1 Å². The molecule has 0 aliphatic rings. The van der Waals surface area contributed by atoms with Gasteiger partial charge in [0, 0.05) is 30.4 Å². The van der Waals surface area contributed by atoms with Crippen LogP contribution in [0.25, 0.3) is 22.3 Å². The van der Waals surface area contributed by atoms with Gasteiger partial charge >= 0.3 is 0 Å². The van der Waals surface area contributed by atoms with Crippen LogP contribution in [0.1, 0.15) is 0 Å². The molecule has 2 heterocycles. The van der Waals surface area contributed by atoms with Crippen LogP contribution in [0.3, 0.4) is 0 Å². The zero-order chi connectivity index (χ0) is 18.5. The molecule has 134 valence electrons. The molecule has 0 fully saturated rings. The molecule has 2 aromatic carbocycles. The lowest BCUT2D eigenvalue weighted by atomic mass is 10.2. The third kappa shape index (κ3) is 3.87. The summed E-state index contributed by atoms with van der Waals surface area (Å²) in [5.41, 5.74) is 1.82. The van der Waals surface area contributed by atoms with Gasteiger partial charge in [0.25, 0.3) is 0 Å². The zero-order valence-corrected chi connectivity index (χ0v) is 15.1. The molecular weight excluding hydrogens is 336 g/mol. The molecule has 0 atom stereocenters. The summed E-state index contributed by atoms with van der Waals surface area (Å²) < 4.78 is 5.83. The number of fused-ring (bicyclic) bond motifs is 1. The van der Waals surface area contributed by atoms with Crippen molar-refractivity contribution >= 4 is 16.7 Å². The molecule has 0 saturated carbocycles. The molecule has 0 spiro atoms. The van der Waals surface area contributed by atoms with E-state index in [1.807, 2.05) is 73.8 Å². The molecule has 0 aliphatic heterocycles. The predicted octanol–water partition coefficient (Wildman–Crippen LogP) is 4.21. The highest BCUT2D eigenvalue weighted by molar-refractivity contribution is 5.90. The Bertz CT molecular complexity index is 1020. The van der Waals surface area contributed by atoms with E-state index in [2.05, 4.69) is 9.88 Å². The number of pyridine rings is 1. The molecule has 0 N–H and O–H groups in total. The average Bonchev–Trinajstić information content (AvgIpc) is 2.74. The number of ether oxygens (including phenoxy) is 1. The number of anilines is 1. The maximum Gasteiger partial charge on any atom is 0.163 e. The molecule has 4 aromatic rings. The average molecular weight is 356 g/mol. The first-order valence-electron chi connectivity index (χ1n) is 8.87. The van der Waals surface area contributed by atoms with Crippen molar-refractivity contribution in [3.8, 4) is 17.1 Å². The van der Waals surface area contributed by atoms with Crippen molar-refractivity contribution in [2.75, 3.05) is 25.1 Å². The van der Waals surface area contributed by atoms with E-state index in [9.17, 15) is 0 Å². The van der Waals surface area contributed by atoms with Gasteiger partial charge in [-0.05, 0) is 36.4 Å². The fourth-order valence-corrected chi connectivity index (χ4v) is 2.90. The molecule has 27 heavy (non-hydrogen) atoms. The SMILES string of the molecule is CN(CCOc1ccccc1)c1nc(-c2cccnc2)nc2ccccc12. The summed E-state index contributed by atoms with van der Waals surface area (Å²) in [5, 5.41) is 1.02. The Labute approximate surface area is 158 Å². The van der Waals surface area contributed by atoms with Crippen LogP contribution in [0.2, 0.25) is 0 Å². The first-order valence-corrected chi connectivity index (χ1v) is 8.87. The van der Waals surface area contributed by atoms with Crippen molar-refractivity contribution in [3.05, 3.63) is 79.1 Å². The number of rotatable bonds is 6. The molecule has 0 radical (unpaired) electrons. The van der Waals surface area contributed by atoms with E-state index in [-0.39, 0.29) is 0 Å². The predicted molar refractivity (Wildman–Crippen MR) is 108 cm³/mol. The largest absolute Gasteiger partial charge is 0.492 e. The highest BCUT2D eigenvalue weighted by atomic mass is 16.5. The molecule has 0 bridgehead atoms. The fraction of sp³-hybridized carbons (Fsp3) is 0.136. The smallest absolute Gasteiger partial charge is 0.163 e. The van der Waals surface area contributed by atoms with E-state index in [4.69, 9.17) is 14.7 Å². The van der Waals surface area contributed by atoms with Crippen molar-refractivity contribution < 1.29 is 4.74 Å². The molecule has 4 rings (SSSR count). The number of para-hydroxylation sites is 2. The van der Waals surface area contributed by atoms with Gasteiger partial charge in [0.2, 0.25) is 0 Å². The van der Waals surface area contributed by atoms with Gasteiger partial charge in [0.15, 0.2) is 5.82 Å². The molecule has 0 amide bonds. The van der Waals surface area contributed by atoms with Crippen LogP contribution in [0.5, 0.6) is 5.75 Å². The number of hydrogen-bond donors (Lipinski definition) is 0. The summed E-state index contributed by atoms with van der Waals surface area (Å²) in [7, 11) is 2.02. The van der Waals surface area contributed by atoms with Crippen LogP contribution in [0, 0.1) is 0 Å². The minimum Gasteiger partial charge on any atom is -0.492 e. The van der Waals surface area contributed by atoms with Gasteiger partial charge in [-0.25, -0.2) is 9.97 Å². The Kier molecular flexibility index (Phi) is 4.92. The zero-order valence-electron chi connectivity index (χ0n) is 15.1. The molecule has 0 saturated heterocycles. The van der Waals surface area contributed by atoms with Crippen molar-refractivity contribution in [1.82, 2.24) is 15.0 Å². The summed E-state index contributed by atoms with van der Waals surface area (Å²) in [6, 6.07) is 21.8. The summed E-state index contributed by atoms with van der Waals surface area (Å²) >= 11 is 0. The van der Waals surface area contributed by atoms with Gasteiger partial charge in [-0.3, -0.25) is 4.98 Å². The molecule has 0 aliphatic carbocycles. The summed E-state index contributed by atoms with van der Waals surface area (Å²) in [4.78, 5) is 15.8. The van der Waals surface area contributed by atoms with Crippen molar-refractivity contribution in [3.63, 3.8) is 0 Å². The van der Waals surface area contributed by atoms with Gasteiger partial charge in [-0.1, -0.05) is 30.3 Å². The minimum absolute atomic E-state index is 0.571. The van der Waals surface area contributed by atoms with Crippen LogP contribution in [-0.2, 0) is 0 Å². The molecule has 0 unspecified atom stereocenters. The molecule has 5 nitrogen and oxygen atoms in total. The van der Waals surface area contributed by atoms with E-state index in [1.165, 1.54) is 0 Å². The Morgan fingerprint density at radius 2 is 1.70 bits per heavy atom. The van der Waals surface area contributed by atoms with Gasteiger partial charge < -0.3 is 9.64 Å². The van der Waals surface area contributed by atoms with Crippen LogP contribution in [-0.4, -0.2) is 35.2 Å². The number of likely N-dealkylation sites (N-methyl/N-ethyl adjacent to an activating group) is 1. The molecule has 5 heteroatoms. The van der Waals surface area contributed by atoms with E-state index in [1.54, 1.807) is 12.4 Å². The highest BCUT2D eigenvalue weighted by Crippen LogP contribution is 2.26.